The minimum absolute atomic E-state index is 0.0725. The molecule has 0 saturated carbocycles. The largest absolute Gasteiger partial charge is 0.382 e. The molecule has 1 heterocycles. The molecule has 0 aromatic heterocycles. The van der Waals surface area contributed by atoms with E-state index in [4.69, 9.17) is 4.74 Å². The lowest BCUT2D eigenvalue weighted by molar-refractivity contribution is -0.00910. The lowest BCUT2D eigenvalue weighted by Crippen LogP contribution is -2.24. The molecule has 82 valence electrons. The van der Waals surface area contributed by atoms with Gasteiger partial charge in [-0.2, -0.15) is 0 Å². The van der Waals surface area contributed by atoms with Crippen molar-refractivity contribution in [2.75, 3.05) is 11.9 Å². The van der Waals surface area contributed by atoms with Gasteiger partial charge in [0.1, 0.15) is 0 Å². The summed E-state index contributed by atoms with van der Waals surface area (Å²) < 4.78 is 5.91. The highest BCUT2D eigenvalue weighted by Crippen LogP contribution is 2.29. The SMILES string of the molecule is CC1(C)CCC(CNc2ccccc2)O1. The van der Waals surface area contributed by atoms with Crippen LogP contribution >= 0.6 is 0 Å². The zero-order valence-electron chi connectivity index (χ0n) is 9.49. The second kappa shape index (κ2) is 4.23. The van der Waals surface area contributed by atoms with Crippen molar-refractivity contribution in [2.24, 2.45) is 0 Å². The number of benzene rings is 1. The maximum Gasteiger partial charge on any atom is 0.0755 e. The molecule has 0 amide bonds. The van der Waals surface area contributed by atoms with Crippen molar-refractivity contribution in [3.63, 3.8) is 0 Å². The van der Waals surface area contributed by atoms with Crippen LogP contribution in [0.3, 0.4) is 0 Å². The van der Waals surface area contributed by atoms with E-state index in [-0.39, 0.29) is 5.60 Å². The van der Waals surface area contributed by atoms with Crippen molar-refractivity contribution in [3.8, 4) is 0 Å². The molecule has 2 nitrogen and oxygen atoms in total. The molecule has 1 aromatic rings. The average Bonchev–Trinajstić information content (AvgIpc) is 2.57. The lowest BCUT2D eigenvalue weighted by atomic mass is 10.1. The molecule has 2 rings (SSSR count). The fourth-order valence-corrected chi connectivity index (χ4v) is 2.01. The van der Waals surface area contributed by atoms with E-state index in [2.05, 4.69) is 31.3 Å². The maximum atomic E-state index is 5.91. The fourth-order valence-electron chi connectivity index (χ4n) is 2.01. The molecule has 0 radical (unpaired) electrons. The topological polar surface area (TPSA) is 21.3 Å². The Hall–Kier alpha value is -1.02. The number of hydrogen-bond donors (Lipinski definition) is 1. The summed E-state index contributed by atoms with van der Waals surface area (Å²) in [7, 11) is 0. The maximum absolute atomic E-state index is 5.91. The van der Waals surface area contributed by atoms with Gasteiger partial charge in [-0.25, -0.2) is 0 Å². The van der Waals surface area contributed by atoms with Crippen LogP contribution in [0.2, 0.25) is 0 Å². The first-order valence-corrected chi connectivity index (χ1v) is 5.62. The zero-order valence-corrected chi connectivity index (χ0v) is 9.49. The Labute approximate surface area is 91.6 Å². The summed E-state index contributed by atoms with van der Waals surface area (Å²) in [5.41, 5.74) is 1.24. The van der Waals surface area contributed by atoms with Crippen molar-refractivity contribution in [1.82, 2.24) is 0 Å². The summed E-state index contributed by atoms with van der Waals surface area (Å²) in [6.45, 7) is 5.23. The normalized spacial score (nSPS) is 24.0. The Bertz CT molecular complexity index is 308. The van der Waals surface area contributed by atoms with E-state index in [1.165, 1.54) is 5.69 Å². The zero-order chi connectivity index (χ0) is 10.7. The van der Waals surface area contributed by atoms with Crippen LogP contribution in [-0.2, 0) is 4.74 Å². The second-order valence-corrected chi connectivity index (χ2v) is 4.79. The summed E-state index contributed by atoms with van der Waals surface area (Å²) in [5.74, 6) is 0. The predicted octanol–water partition coefficient (Wildman–Crippen LogP) is 3.06. The molecule has 0 aliphatic carbocycles. The molecule has 0 bridgehead atoms. The Kier molecular flexibility index (Phi) is 2.96. The minimum Gasteiger partial charge on any atom is -0.382 e. The van der Waals surface area contributed by atoms with E-state index in [1.807, 2.05) is 18.2 Å². The second-order valence-electron chi connectivity index (χ2n) is 4.79. The summed E-state index contributed by atoms with van der Waals surface area (Å²) in [5, 5.41) is 3.40. The van der Waals surface area contributed by atoms with Gasteiger partial charge in [-0.1, -0.05) is 18.2 Å². The van der Waals surface area contributed by atoms with Crippen LogP contribution in [-0.4, -0.2) is 18.2 Å². The molecule has 15 heavy (non-hydrogen) atoms. The quantitative estimate of drug-likeness (QED) is 0.819. The lowest BCUT2D eigenvalue weighted by Gasteiger charge is -2.19. The molecule has 1 aromatic carbocycles. The van der Waals surface area contributed by atoms with Crippen molar-refractivity contribution < 1.29 is 4.74 Å². The highest BCUT2D eigenvalue weighted by molar-refractivity contribution is 5.42. The van der Waals surface area contributed by atoms with Gasteiger partial charge >= 0.3 is 0 Å². The van der Waals surface area contributed by atoms with Crippen LogP contribution in [0, 0.1) is 0 Å². The fraction of sp³-hybridized carbons (Fsp3) is 0.538. The van der Waals surface area contributed by atoms with Crippen LogP contribution in [0.25, 0.3) is 0 Å². The Morgan fingerprint density at radius 3 is 2.67 bits per heavy atom. The van der Waals surface area contributed by atoms with Crippen LogP contribution in [0.5, 0.6) is 0 Å². The number of nitrogens with one attached hydrogen (secondary N) is 1. The smallest absolute Gasteiger partial charge is 0.0755 e. The van der Waals surface area contributed by atoms with Gasteiger partial charge < -0.3 is 10.1 Å². The molecular weight excluding hydrogens is 186 g/mol. The number of anilines is 1. The van der Waals surface area contributed by atoms with Gasteiger partial charge in [0.2, 0.25) is 0 Å². The van der Waals surface area contributed by atoms with E-state index in [0.29, 0.717) is 6.10 Å². The third-order valence-electron chi connectivity index (χ3n) is 2.86. The molecule has 1 N–H and O–H groups in total. The van der Waals surface area contributed by atoms with E-state index >= 15 is 0 Å². The molecule has 1 unspecified atom stereocenters. The minimum atomic E-state index is 0.0725. The van der Waals surface area contributed by atoms with Crippen molar-refractivity contribution >= 4 is 5.69 Å². The van der Waals surface area contributed by atoms with Crippen molar-refractivity contribution in [3.05, 3.63) is 30.3 Å². The summed E-state index contributed by atoms with van der Waals surface area (Å²) in [6, 6.07) is 10.3. The number of rotatable bonds is 3. The van der Waals surface area contributed by atoms with Gasteiger partial charge in [0.25, 0.3) is 0 Å². The molecule has 1 atom stereocenters. The molecule has 1 saturated heterocycles. The standard InChI is InChI=1S/C13H19NO/c1-13(2)9-8-12(15-13)10-14-11-6-4-3-5-7-11/h3-7,12,14H,8-10H2,1-2H3. The first-order chi connectivity index (χ1) is 7.16. The Morgan fingerprint density at radius 1 is 1.33 bits per heavy atom. The first-order valence-electron chi connectivity index (χ1n) is 5.62. The number of para-hydroxylation sites is 1. The average molecular weight is 205 g/mol. The van der Waals surface area contributed by atoms with Gasteiger partial charge in [0, 0.05) is 12.2 Å². The third kappa shape index (κ3) is 2.96. The van der Waals surface area contributed by atoms with E-state index in [9.17, 15) is 0 Å². The third-order valence-corrected chi connectivity index (χ3v) is 2.86. The molecule has 1 fully saturated rings. The molecule has 0 spiro atoms. The highest BCUT2D eigenvalue weighted by atomic mass is 16.5. The van der Waals surface area contributed by atoms with Gasteiger partial charge in [0.15, 0.2) is 0 Å². The van der Waals surface area contributed by atoms with Crippen LogP contribution in [0.15, 0.2) is 30.3 Å². The van der Waals surface area contributed by atoms with E-state index in [0.717, 1.165) is 19.4 Å². The molecule has 1 aliphatic rings. The number of ether oxygens (including phenoxy) is 1. The van der Waals surface area contributed by atoms with E-state index < -0.39 is 0 Å². The summed E-state index contributed by atoms with van der Waals surface area (Å²) in [6.07, 6.45) is 2.68. The van der Waals surface area contributed by atoms with Gasteiger partial charge in [-0.05, 0) is 38.8 Å². The summed E-state index contributed by atoms with van der Waals surface area (Å²) in [4.78, 5) is 0. The monoisotopic (exact) mass is 205 g/mol. The van der Waals surface area contributed by atoms with Crippen molar-refractivity contribution in [1.29, 1.82) is 0 Å². The highest BCUT2D eigenvalue weighted by Gasteiger charge is 2.31. The van der Waals surface area contributed by atoms with Crippen molar-refractivity contribution in [2.45, 2.75) is 38.4 Å². The van der Waals surface area contributed by atoms with Gasteiger partial charge in [-0.15, -0.1) is 0 Å². The first kappa shape index (κ1) is 10.5. The summed E-state index contributed by atoms with van der Waals surface area (Å²) >= 11 is 0. The number of hydrogen-bond acceptors (Lipinski definition) is 2. The Balaban J connectivity index is 1.80. The van der Waals surface area contributed by atoms with Crippen LogP contribution in [0.4, 0.5) is 5.69 Å². The molecular formula is C13H19NO. The van der Waals surface area contributed by atoms with E-state index in [1.54, 1.807) is 0 Å². The molecule has 1 aliphatic heterocycles. The van der Waals surface area contributed by atoms with Gasteiger partial charge in [-0.3, -0.25) is 0 Å². The van der Waals surface area contributed by atoms with Crippen LogP contribution < -0.4 is 5.32 Å². The molecule has 2 heteroatoms. The van der Waals surface area contributed by atoms with Crippen LogP contribution in [0.1, 0.15) is 26.7 Å². The Morgan fingerprint density at radius 2 is 2.07 bits per heavy atom. The van der Waals surface area contributed by atoms with Gasteiger partial charge in [0.05, 0.1) is 11.7 Å². The predicted molar refractivity (Wildman–Crippen MR) is 63.1 cm³/mol.